The third-order valence-corrected chi connectivity index (χ3v) is 2.93. The summed E-state index contributed by atoms with van der Waals surface area (Å²) in [5.74, 6) is 0.488. The summed E-state index contributed by atoms with van der Waals surface area (Å²) in [6.07, 6.45) is -0.571. The molecule has 0 heterocycles. The number of carbonyl (C=O) groups is 1. The Balaban J connectivity index is 1.95. The summed E-state index contributed by atoms with van der Waals surface area (Å²) >= 11 is 0. The van der Waals surface area contributed by atoms with Gasteiger partial charge < -0.3 is 14.8 Å². The predicted octanol–water partition coefficient (Wildman–Crippen LogP) is 3.24. The number of benzene rings is 2. The quantitative estimate of drug-likeness (QED) is 0.886. The molecule has 21 heavy (non-hydrogen) atoms. The number of para-hydroxylation sites is 1. The van der Waals surface area contributed by atoms with Gasteiger partial charge in [-0.15, -0.1) is 0 Å². The molecule has 0 aliphatic rings. The molecule has 0 bridgehead atoms. The molecule has 1 N–H and O–H groups in total. The Morgan fingerprint density at radius 3 is 2.62 bits per heavy atom. The van der Waals surface area contributed by atoms with Crippen molar-refractivity contribution in [1.82, 2.24) is 0 Å². The van der Waals surface area contributed by atoms with Crippen LogP contribution in [0.3, 0.4) is 0 Å². The summed E-state index contributed by atoms with van der Waals surface area (Å²) in [7, 11) is 1.64. The van der Waals surface area contributed by atoms with E-state index in [-0.39, 0.29) is 5.91 Å². The molecule has 0 aromatic heterocycles. The van der Waals surface area contributed by atoms with Crippen molar-refractivity contribution in [3.63, 3.8) is 0 Å². The van der Waals surface area contributed by atoms with E-state index in [2.05, 4.69) is 5.32 Å². The molecular weight excluding hydrogens is 266 g/mol. The van der Waals surface area contributed by atoms with E-state index >= 15 is 0 Å². The maximum Gasteiger partial charge on any atom is 0.265 e. The SMILES string of the molecule is COCc1cccc(NC(=O)[C@H](C)Oc2ccccc2)c1. The lowest BCUT2D eigenvalue weighted by molar-refractivity contribution is -0.122. The lowest BCUT2D eigenvalue weighted by atomic mass is 10.2. The number of rotatable bonds is 6. The standard InChI is InChI=1S/C17H19NO3/c1-13(21-16-9-4-3-5-10-16)17(19)18-15-8-6-7-14(11-15)12-20-2/h3-11,13H,12H2,1-2H3,(H,18,19)/t13-/m0/s1. The molecule has 2 aromatic carbocycles. The first-order valence-electron chi connectivity index (χ1n) is 6.79. The Hall–Kier alpha value is -2.33. The Labute approximate surface area is 124 Å². The highest BCUT2D eigenvalue weighted by molar-refractivity contribution is 5.94. The summed E-state index contributed by atoms with van der Waals surface area (Å²) in [4.78, 5) is 12.1. The van der Waals surface area contributed by atoms with Crippen LogP contribution in [0.4, 0.5) is 5.69 Å². The van der Waals surface area contributed by atoms with Crippen molar-refractivity contribution in [3.05, 3.63) is 60.2 Å². The fourth-order valence-electron chi connectivity index (χ4n) is 1.91. The molecule has 4 heteroatoms. The normalized spacial score (nSPS) is 11.7. The van der Waals surface area contributed by atoms with Gasteiger partial charge in [0.25, 0.3) is 5.91 Å². The molecule has 0 aliphatic carbocycles. The second-order valence-corrected chi connectivity index (χ2v) is 4.70. The molecule has 0 aliphatic heterocycles. The molecule has 0 unspecified atom stereocenters. The van der Waals surface area contributed by atoms with Gasteiger partial charge in [-0.2, -0.15) is 0 Å². The van der Waals surface area contributed by atoms with E-state index in [4.69, 9.17) is 9.47 Å². The number of ether oxygens (including phenoxy) is 2. The van der Waals surface area contributed by atoms with Gasteiger partial charge in [-0.3, -0.25) is 4.79 Å². The average Bonchev–Trinajstić information content (AvgIpc) is 2.49. The molecule has 0 saturated heterocycles. The average molecular weight is 285 g/mol. The minimum atomic E-state index is -0.571. The number of methoxy groups -OCH3 is 1. The van der Waals surface area contributed by atoms with Crippen LogP contribution in [-0.4, -0.2) is 19.1 Å². The van der Waals surface area contributed by atoms with Crippen LogP contribution in [0.15, 0.2) is 54.6 Å². The molecule has 1 amide bonds. The Morgan fingerprint density at radius 1 is 1.14 bits per heavy atom. The number of hydrogen-bond acceptors (Lipinski definition) is 3. The molecule has 2 aromatic rings. The molecule has 0 radical (unpaired) electrons. The van der Waals surface area contributed by atoms with Gasteiger partial charge in [0.2, 0.25) is 0 Å². The van der Waals surface area contributed by atoms with Crippen LogP contribution < -0.4 is 10.1 Å². The zero-order valence-corrected chi connectivity index (χ0v) is 12.2. The topological polar surface area (TPSA) is 47.6 Å². The van der Waals surface area contributed by atoms with E-state index in [0.29, 0.717) is 12.4 Å². The highest BCUT2D eigenvalue weighted by Crippen LogP contribution is 2.14. The molecule has 0 saturated carbocycles. The van der Waals surface area contributed by atoms with E-state index < -0.39 is 6.10 Å². The van der Waals surface area contributed by atoms with Crippen LogP contribution in [0, 0.1) is 0 Å². The van der Waals surface area contributed by atoms with Gasteiger partial charge >= 0.3 is 0 Å². The van der Waals surface area contributed by atoms with Crippen molar-refractivity contribution >= 4 is 11.6 Å². The number of amides is 1. The lowest BCUT2D eigenvalue weighted by Gasteiger charge is -2.15. The van der Waals surface area contributed by atoms with E-state index in [1.54, 1.807) is 14.0 Å². The minimum absolute atomic E-state index is 0.187. The van der Waals surface area contributed by atoms with Crippen LogP contribution in [0.2, 0.25) is 0 Å². The summed E-state index contributed by atoms with van der Waals surface area (Å²) in [5, 5.41) is 2.84. The first kappa shape index (κ1) is 15.1. The molecule has 0 fully saturated rings. The van der Waals surface area contributed by atoms with Crippen molar-refractivity contribution in [2.75, 3.05) is 12.4 Å². The first-order chi connectivity index (χ1) is 10.2. The van der Waals surface area contributed by atoms with Crippen molar-refractivity contribution in [3.8, 4) is 5.75 Å². The maximum atomic E-state index is 12.1. The van der Waals surface area contributed by atoms with E-state index in [1.807, 2.05) is 54.6 Å². The third-order valence-electron chi connectivity index (χ3n) is 2.93. The number of hydrogen-bond donors (Lipinski definition) is 1. The lowest BCUT2D eigenvalue weighted by Crippen LogP contribution is -2.30. The van der Waals surface area contributed by atoms with Gasteiger partial charge in [0.05, 0.1) is 6.61 Å². The van der Waals surface area contributed by atoms with E-state index in [9.17, 15) is 4.79 Å². The summed E-state index contributed by atoms with van der Waals surface area (Å²) in [6, 6.07) is 16.8. The van der Waals surface area contributed by atoms with Crippen molar-refractivity contribution in [1.29, 1.82) is 0 Å². The summed E-state index contributed by atoms with van der Waals surface area (Å²) in [6.45, 7) is 2.24. The Kier molecular flexibility index (Phi) is 5.35. The van der Waals surface area contributed by atoms with Gasteiger partial charge in [-0.25, -0.2) is 0 Å². The summed E-state index contributed by atoms with van der Waals surface area (Å²) in [5.41, 5.74) is 1.74. The van der Waals surface area contributed by atoms with Gasteiger partial charge in [0.1, 0.15) is 5.75 Å². The largest absolute Gasteiger partial charge is 0.481 e. The number of nitrogens with one attached hydrogen (secondary N) is 1. The third kappa shape index (κ3) is 4.61. The first-order valence-corrected chi connectivity index (χ1v) is 6.79. The monoisotopic (exact) mass is 285 g/mol. The Bertz CT molecular complexity index is 584. The second-order valence-electron chi connectivity index (χ2n) is 4.70. The van der Waals surface area contributed by atoms with Gasteiger partial charge in [0.15, 0.2) is 6.10 Å². The van der Waals surface area contributed by atoms with Crippen LogP contribution in [0.1, 0.15) is 12.5 Å². The van der Waals surface area contributed by atoms with Crippen LogP contribution in [0.25, 0.3) is 0 Å². The van der Waals surface area contributed by atoms with Crippen LogP contribution in [-0.2, 0) is 16.1 Å². The molecule has 4 nitrogen and oxygen atoms in total. The van der Waals surface area contributed by atoms with Gasteiger partial charge in [0, 0.05) is 12.8 Å². The zero-order valence-electron chi connectivity index (χ0n) is 12.2. The summed E-state index contributed by atoms with van der Waals surface area (Å²) < 4.78 is 10.7. The zero-order chi connectivity index (χ0) is 15.1. The smallest absolute Gasteiger partial charge is 0.265 e. The molecular formula is C17H19NO3. The van der Waals surface area contributed by atoms with Gasteiger partial charge in [-0.05, 0) is 36.8 Å². The molecule has 0 spiro atoms. The van der Waals surface area contributed by atoms with Crippen LogP contribution in [0.5, 0.6) is 5.75 Å². The maximum absolute atomic E-state index is 12.1. The van der Waals surface area contributed by atoms with E-state index in [1.165, 1.54) is 0 Å². The van der Waals surface area contributed by atoms with Gasteiger partial charge in [-0.1, -0.05) is 30.3 Å². The van der Waals surface area contributed by atoms with Crippen molar-refractivity contribution in [2.24, 2.45) is 0 Å². The fraction of sp³-hybridized carbons (Fsp3) is 0.235. The van der Waals surface area contributed by atoms with Crippen molar-refractivity contribution in [2.45, 2.75) is 19.6 Å². The number of carbonyl (C=O) groups excluding carboxylic acids is 1. The second kappa shape index (κ2) is 7.45. The fourth-order valence-corrected chi connectivity index (χ4v) is 1.91. The van der Waals surface area contributed by atoms with Crippen molar-refractivity contribution < 1.29 is 14.3 Å². The molecule has 2 rings (SSSR count). The number of anilines is 1. The minimum Gasteiger partial charge on any atom is -0.481 e. The highest BCUT2D eigenvalue weighted by atomic mass is 16.5. The highest BCUT2D eigenvalue weighted by Gasteiger charge is 2.14. The molecule has 110 valence electrons. The van der Waals surface area contributed by atoms with Crippen LogP contribution >= 0.6 is 0 Å². The predicted molar refractivity (Wildman–Crippen MR) is 82.3 cm³/mol. The Morgan fingerprint density at radius 2 is 1.90 bits per heavy atom. The molecule has 1 atom stereocenters. The van der Waals surface area contributed by atoms with E-state index in [0.717, 1.165) is 11.3 Å².